The number of hydrogen-bond donors (Lipinski definition) is 1. The molecule has 2 heterocycles. The summed E-state index contributed by atoms with van der Waals surface area (Å²) in [5, 5.41) is 13.8. The van der Waals surface area contributed by atoms with Crippen molar-refractivity contribution < 1.29 is 13.9 Å². The first-order valence-corrected chi connectivity index (χ1v) is 9.07. The number of halogens is 1. The van der Waals surface area contributed by atoms with Gasteiger partial charge in [-0.15, -0.1) is 21.5 Å². The topological polar surface area (TPSA) is 81.9 Å². The minimum Gasteiger partial charge on any atom is -0.486 e. The second kappa shape index (κ2) is 8.08. The molecule has 10 heteroatoms. The Hall–Kier alpha value is -2.46. The molecule has 130 valence electrons. The van der Waals surface area contributed by atoms with E-state index in [0.29, 0.717) is 21.9 Å². The zero-order valence-corrected chi connectivity index (χ0v) is 14.8. The van der Waals surface area contributed by atoms with Crippen LogP contribution < -0.4 is 10.1 Å². The summed E-state index contributed by atoms with van der Waals surface area (Å²) in [6, 6.07) is 5.75. The van der Waals surface area contributed by atoms with Gasteiger partial charge in [-0.2, -0.15) is 0 Å². The number of ether oxygens (including phenoxy) is 1. The first kappa shape index (κ1) is 17.4. The van der Waals surface area contributed by atoms with E-state index in [2.05, 4.69) is 20.5 Å². The number of carbonyl (C=O) groups excluding carboxylic acids is 1. The molecular weight excluding hydrogens is 365 g/mol. The third-order valence-electron chi connectivity index (χ3n) is 3.12. The number of amides is 1. The lowest BCUT2D eigenvalue weighted by Gasteiger charge is -2.06. The van der Waals surface area contributed by atoms with Crippen LogP contribution in [0.5, 0.6) is 5.75 Å². The predicted octanol–water partition coefficient (Wildman–Crippen LogP) is 2.72. The average molecular weight is 379 g/mol. The van der Waals surface area contributed by atoms with Gasteiger partial charge in [0, 0.05) is 18.6 Å². The summed E-state index contributed by atoms with van der Waals surface area (Å²) < 4.78 is 20.2. The molecule has 7 nitrogen and oxygen atoms in total. The van der Waals surface area contributed by atoms with E-state index < -0.39 is 0 Å². The number of carbonyl (C=O) groups is 1. The molecule has 3 rings (SSSR count). The van der Waals surface area contributed by atoms with Gasteiger partial charge in [0.05, 0.1) is 5.75 Å². The Morgan fingerprint density at radius 3 is 2.88 bits per heavy atom. The second-order valence-electron chi connectivity index (χ2n) is 4.87. The van der Waals surface area contributed by atoms with Crippen LogP contribution in [0.4, 0.5) is 9.52 Å². The molecule has 1 N–H and O–H groups in total. The lowest BCUT2D eigenvalue weighted by atomic mass is 10.3. The number of thiazole rings is 1. The van der Waals surface area contributed by atoms with Crippen molar-refractivity contribution in [1.82, 2.24) is 19.7 Å². The summed E-state index contributed by atoms with van der Waals surface area (Å²) in [5.41, 5.74) is 0. The second-order valence-corrected chi connectivity index (χ2v) is 6.71. The lowest BCUT2D eigenvalue weighted by molar-refractivity contribution is -0.113. The Morgan fingerprint density at radius 2 is 2.16 bits per heavy atom. The highest BCUT2D eigenvalue weighted by Crippen LogP contribution is 2.18. The fourth-order valence-electron chi connectivity index (χ4n) is 1.85. The molecule has 1 aromatic carbocycles. The molecule has 0 atom stereocenters. The largest absolute Gasteiger partial charge is 0.486 e. The fourth-order valence-corrected chi connectivity index (χ4v) is 3.12. The van der Waals surface area contributed by atoms with Crippen LogP contribution in [0.1, 0.15) is 5.82 Å². The zero-order chi connectivity index (χ0) is 17.6. The van der Waals surface area contributed by atoms with E-state index in [9.17, 15) is 9.18 Å². The molecule has 0 saturated carbocycles. The van der Waals surface area contributed by atoms with Crippen LogP contribution in [0, 0.1) is 5.82 Å². The van der Waals surface area contributed by atoms with Crippen molar-refractivity contribution in [2.45, 2.75) is 11.8 Å². The van der Waals surface area contributed by atoms with Crippen molar-refractivity contribution in [2.75, 3.05) is 11.1 Å². The molecular formula is C15H14FN5O2S2. The molecule has 0 saturated heterocycles. The molecule has 0 aliphatic heterocycles. The van der Waals surface area contributed by atoms with Gasteiger partial charge in [0.2, 0.25) is 5.91 Å². The Morgan fingerprint density at radius 1 is 1.36 bits per heavy atom. The van der Waals surface area contributed by atoms with E-state index in [1.165, 1.54) is 35.2 Å². The highest BCUT2D eigenvalue weighted by atomic mass is 32.2. The molecule has 1 amide bonds. The molecule has 0 radical (unpaired) electrons. The minimum atomic E-state index is -0.319. The van der Waals surface area contributed by atoms with Crippen molar-refractivity contribution in [3.8, 4) is 5.75 Å². The minimum absolute atomic E-state index is 0.160. The molecule has 0 aliphatic carbocycles. The van der Waals surface area contributed by atoms with Gasteiger partial charge in [-0.05, 0) is 24.3 Å². The van der Waals surface area contributed by atoms with Gasteiger partial charge in [0.25, 0.3) is 0 Å². The van der Waals surface area contributed by atoms with Gasteiger partial charge in [0.1, 0.15) is 18.2 Å². The summed E-state index contributed by atoms with van der Waals surface area (Å²) in [4.78, 5) is 15.9. The zero-order valence-electron chi connectivity index (χ0n) is 13.2. The van der Waals surface area contributed by atoms with Crippen molar-refractivity contribution in [2.24, 2.45) is 7.05 Å². The molecule has 0 unspecified atom stereocenters. The number of rotatable bonds is 7. The quantitative estimate of drug-likeness (QED) is 0.636. The number of nitrogens with one attached hydrogen (secondary N) is 1. The van der Waals surface area contributed by atoms with E-state index in [1.807, 2.05) is 0 Å². The number of anilines is 1. The third-order valence-corrected chi connectivity index (χ3v) is 4.83. The molecule has 2 aromatic heterocycles. The van der Waals surface area contributed by atoms with E-state index in [1.54, 1.807) is 35.3 Å². The number of benzene rings is 1. The molecule has 0 bridgehead atoms. The maximum Gasteiger partial charge on any atom is 0.236 e. The van der Waals surface area contributed by atoms with Gasteiger partial charge in [-0.3, -0.25) is 4.79 Å². The van der Waals surface area contributed by atoms with Crippen LogP contribution in [0.2, 0.25) is 0 Å². The Kier molecular flexibility index (Phi) is 5.61. The molecule has 3 aromatic rings. The van der Waals surface area contributed by atoms with Crippen molar-refractivity contribution in [1.29, 1.82) is 0 Å². The van der Waals surface area contributed by atoms with Gasteiger partial charge < -0.3 is 14.6 Å². The van der Waals surface area contributed by atoms with E-state index in [-0.39, 0.29) is 24.1 Å². The van der Waals surface area contributed by atoms with Gasteiger partial charge in [0.15, 0.2) is 16.1 Å². The monoisotopic (exact) mass is 379 g/mol. The van der Waals surface area contributed by atoms with Crippen LogP contribution in [0.25, 0.3) is 0 Å². The molecule has 0 fully saturated rings. The lowest BCUT2D eigenvalue weighted by Crippen LogP contribution is -2.14. The summed E-state index contributed by atoms with van der Waals surface area (Å²) in [5.74, 6) is 0.867. The normalized spacial score (nSPS) is 10.6. The van der Waals surface area contributed by atoms with Crippen molar-refractivity contribution >= 4 is 34.1 Å². The number of nitrogens with zero attached hydrogens (tertiary/aromatic N) is 4. The molecule has 0 spiro atoms. The summed E-state index contributed by atoms with van der Waals surface area (Å²) >= 11 is 2.63. The van der Waals surface area contributed by atoms with Crippen LogP contribution in [0.3, 0.4) is 0 Å². The number of hydrogen-bond acceptors (Lipinski definition) is 7. The average Bonchev–Trinajstić information content (AvgIpc) is 3.23. The fraction of sp³-hybridized carbons (Fsp3) is 0.200. The van der Waals surface area contributed by atoms with Crippen molar-refractivity contribution in [3.63, 3.8) is 0 Å². The third kappa shape index (κ3) is 4.77. The van der Waals surface area contributed by atoms with Crippen molar-refractivity contribution in [3.05, 3.63) is 47.5 Å². The van der Waals surface area contributed by atoms with Crippen LogP contribution in [0.15, 0.2) is 41.0 Å². The van der Waals surface area contributed by atoms with E-state index >= 15 is 0 Å². The maximum atomic E-state index is 12.9. The van der Waals surface area contributed by atoms with Gasteiger partial charge >= 0.3 is 0 Å². The smallest absolute Gasteiger partial charge is 0.236 e. The van der Waals surface area contributed by atoms with Crippen LogP contribution in [-0.4, -0.2) is 31.4 Å². The van der Waals surface area contributed by atoms with Gasteiger partial charge in [-0.25, -0.2) is 9.37 Å². The number of thioether (sulfide) groups is 1. The van der Waals surface area contributed by atoms with Crippen LogP contribution >= 0.6 is 23.1 Å². The SMILES string of the molecule is Cn1c(COc2ccc(F)cc2)nnc1SCC(=O)Nc1nccs1. The first-order valence-electron chi connectivity index (χ1n) is 7.20. The van der Waals surface area contributed by atoms with E-state index in [0.717, 1.165) is 0 Å². The first-order chi connectivity index (χ1) is 12.1. The summed E-state index contributed by atoms with van der Waals surface area (Å²) in [6.07, 6.45) is 1.63. The highest BCUT2D eigenvalue weighted by molar-refractivity contribution is 7.99. The van der Waals surface area contributed by atoms with Gasteiger partial charge in [-0.1, -0.05) is 11.8 Å². The Labute approximate surface area is 151 Å². The Balaban J connectivity index is 1.52. The number of aromatic nitrogens is 4. The highest BCUT2D eigenvalue weighted by Gasteiger charge is 2.12. The molecule has 0 aliphatic rings. The summed E-state index contributed by atoms with van der Waals surface area (Å²) in [6.45, 7) is 0.195. The Bertz CT molecular complexity index is 836. The summed E-state index contributed by atoms with van der Waals surface area (Å²) in [7, 11) is 1.80. The maximum absolute atomic E-state index is 12.9. The van der Waals surface area contributed by atoms with E-state index in [4.69, 9.17) is 4.74 Å². The predicted molar refractivity (Wildman–Crippen MR) is 93.2 cm³/mol. The van der Waals surface area contributed by atoms with Crippen LogP contribution in [-0.2, 0) is 18.4 Å². The standard InChI is InChI=1S/C15H14FN5O2S2/c1-21-12(8-23-11-4-2-10(16)3-5-11)19-20-15(21)25-9-13(22)18-14-17-6-7-24-14/h2-7H,8-9H2,1H3,(H,17,18,22). The molecule has 25 heavy (non-hydrogen) atoms.